The van der Waals surface area contributed by atoms with Crippen molar-refractivity contribution in [2.75, 3.05) is 26.9 Å². The zero-order valence-electron chi connectivity index (χ0n) is 20.7. The fourth-order valence-electron chi connectivity index (χ4n) is 4.91. The van der Waals surface area contributed by atoms with Gasteiger partial charge in [0.1, 0.15) is 11.4 Å². The van der Waals surface area contributed by atoms with Gasteiger partial charge in [0, 0.05) is 13.2 Å². The average Bonchev–Trinajstić information content (AvgIpc) is 3.47. The van der Waals surface area contributed by atoms with Crippen LogP contribution in [0.15, 0.2) is 45.6 Å². The number of fused-ring (bicyclic) bond motifs is 2. The Labute approximate surface area is 208 Å². The second-order valence-corrected chi connectivity index (χ2v) is 9.75. The summed E-state index contributed by atoms with van der Waals surface area (Å²) in [6.07, 6.45) is 2.51. The Bertz CT molecular complexity index is 1340. The van der Waals surface area contributed by atoms with Crippen molar-refractivity contribution in [3.8, 4) is 11.5 Å². The molecule has 2 aliphatic heterocycles. The number of carbonyl (C=O) groups is 1. The standard InChI is InChI=1S/C28H30FNO6/c1-16(2)10-12-35-22-8-6-17(13-23(22)33-3)25-24-26(31)20-14-18(29)7-9-21(20)36-27(24)28(32)30(25)15-19-5-4-11-34-19/h6-9,13-14,16,19,25H,4-5,10-12,15H2,1-3H3/t19-,25-/m1/s1. The van der Waals surface area contributed by atoms with Crippen LogP contribution in [0.4, 0.5) is 4.39 Å². The SMILES string of the molecule is COc1cc([C@@H]2c3c(oc4ccc(F)cc4c3=O)C(=O)N2C[C@H]2CCCO2)ccc1OCCC(C)C. The van der Waals surface area contributed by atoms with Crippen LogP contribution in [-0.2, 0) is 4.74 Å². The molecule has 190 valence electrons. The smallest absolute Gasteiger partial charge is 0.291 e. The molecule has 0 aliphatic carbocycles. The highest BCUT2D eigenvalue weighted by molar-refractivity contribution is 5.99. The maximum absolute atomic E-state index is 14.0. The van der Waals surface area contributed by atoms with Gasteiger partial charge in [-0.2, -0.15) is 0 Å². The third-order valence-corrected chi connectivity index (χ3v) is 6.81. The van der Waals surface area contributed by atoms with Crippen LogP contribution in [0, 0.1) is 11.7 Å². The zero-order chi connectivity index (χ0) is 25.4. The lowest BCUT2D eigenvalue weighted by Gasteiger charge is -2.28. The van der Waals surface area contributed by atoms with Crippen molar-refractivity contribution in [3.63, 3.8) is 0 Å². The average molecular weight is 496 g/mol. The first-order valence-corrected chi connectivity index (χ1v) is 12.4. The van der Waals surface area contributed by atoms with E-state index < -0.39 is 17.3 Å². The zero-order valence-corrected chi connectivity index (χ0v) is 20.7. The molecule has 0 radical (unpaired) electrons. The van der Waals surface area contributed by atoms with Crippen molar-refractivity contribution in [2.45, 2.75) is 45.3 Å². The summed E-state index contributed by atoms with van der Waals surface area (Å²) in [6, 6.07) is 8.43. The molecule has 2 aromatic carbocycles. The maximum Gasteiger partial charge on any atom is 0.291 e. The molecule has 8 heteroatoms. The first kappa shape index (κ1) is 24.3. The van der Waals surface area contributed by atoms with Gasteiger partial charge in [-0.05, 0) is 61.1 Å². The number of benzene rings is 2. The summed E-state index contributed by atoms with van der Waals surface area (Å²) in [5, 5.41) is 0.103. The Morgan fingerprint density at radius 1 is 1.14 bits per heavy atom. The number of methoxy groups -OCH3 is 1. The Hall–Kier alpha value is -3.39. The van der Waals surface area contributed by atoms with E-state index in [9.17, 15) is 14.0 Å². The van der Waals surface area contributed by atoms with Crippen molar-refractivity contribution in [1.29, 1.82) is 0 Å². The van der Waals surface area contributed by atoms with E-state index >= 15 is 0 Å². The molecule has 3 heterocycles. The number of halogens is 1. The van der Waals surface area contributed by atoms with Gasteiger partial charge in [-0.25, -0.2) is 4.39 Å². The van der Waals surface area contributed by atoms with E-state index in [1.165, 1.54) is 12.1 Å². The summed E-state index contributed by atoms with van der Waals surface area (Å²) < 4.78 is 37.2. The Morgan fingerprint density at radius 2 is 1.97 bits per heavy atom. The van der Waals surface area contributed by atoms with Gasteiger partial charge in [0.05, 0.1) is 36.8 Å². The van der Waals surface area contributed by atoms with E-state index in [1.54, 1.807) is 24.1 Å². The summed E-state index contributed by atoms with van der Waals surface area (Å²) in [5.74, 6) is 0.650. The van der Waals surface area contributed by atoms with E-state index in [1.807, 2.05) is 6.07 Å². The van der Waals surface area contributed by atoms with Crippen molar-refractivity contribution in [2.24, 2.45) is 5.92 Å². The summed E-state index contributed by atoms with van der Waals surface area (Å²) in [6.45, 7) is 5.75. The van der Waals surface area contributed by atoms with Crippen LogP contribution in [0.1, 0.15) is 60.8 Å². The first-order chi connectivity index (χ1) is 17.4. The fourth-order valence-corrected chi connectivity index (χ4v) is 4.91. The third-order valence-electron chi connectivity index (χ3n) is 6.81. The molecule has 1 aromatic heterocycles. The lowest BCUT2D eigenvalue weighted by molar-refractivity contribution is 0.0486. The predicted molar refractivity (Wildman–Crippen MR) is 132 cm³/mol. The van der Waals surface area contributed by atoms with E-state index in [0.29, 0.717) is 42.7 Å². The monoisotopic (exact) mass is 495 g/mol. The molecular weight excluding hydrogens is 465 g/mol. The lowest BCUT2D eigenvalue weighted by atomic mass is 9.97. The number of amides is 1. The third kappa shape index (κ3) is 4.46. The van der Waals surface area contributed by atoms with Crippen molar-refractivity contribution >= 4 is 16.9 Å². The summed E-state index contributed by atoms with van der Waals surface area (Å²) >= 11 is 0. The molecule has 0 unspecified atom stereocenters. The topological polar surface area (TPSA) is 78.2 Å². The molecule has 0 bridgehead atoms. The number of nitrogens with zero attached hydrogens (tertiary/aromatic N) is 1. The molecule has 1 fully saturated rings. The largest absolute Gasteiger partial charge is 0.493 e. The van der Waals surface area contributed by atoms with Crippen molar-refractivity contribution in [3.05, 3.63) is 69.3 Å². The Balaban J connectivity index is 1.60. The Kier molecular flexibility index (Phi) is 6.71. The molecule has 5 rings (SSSR count). The molecule has 0 N–H and O–H groups in total. The van der Waals surface area contributed by atoms with E-state index in [0.717, 1.165) is 25.3 Å². The highest BCUT2D eigenvalue weighted by atomic mass is 19.1. The quantitative estimate of drug-likeness (QED) is 0.433. The number of rotatable bonds is 8. The first-order valence-electron chi connectivity index (χ1n) is 12.4. The van der Waals surface area contributed by atoms with Gasteiger partial charge in [0.15, 0.2) is 16.9 Å². The molecule has 0 spiro atoms. The molecular formula is C28H30FNO6. The van der Waals surface area contributed by atoms with Crippen LogP contribution in [0.25, 0.3) is 11.0 Å². The van der Waals surface area contributed by atoms with Crippen LogP contribution in [0.5, 0.6) is 11.5 Å². The molecule has 3 aromatic rings. The highest BCUT2D eigenvalue weighted by Crippen LogP contribution is 2.41. The minimum absolute atomic E-state index is 0.0154. The fraction of sp³-hybridized carbons (Fsp3) is 0.429. The van der Waals surface area contributed by atoms with Gasteiger partial charge in [-0.3, -0.25) is 9.59 Å². The maximum atomic E-state index is 14.0. The summed E-state index contributed by atoms with van der Waals surface area (Å²) in [4.78, 5) is 28.8. The Morgan fingerprint density at radius 3 is 2.69 bits per heavy atom. The predicted octanol–water partition coefficient (Wildman–Crippen LogP) is 5.09. The van der Waals surface area contributed by atoms with Gasteiger partial charge in [0.2, 0.25) is 5.76 Å². The number of ether oxygens (including phenoxy) is 3. The van der Waals surface area contributed by atoms with Crippen molar-refractivity contribution < 1.29 is 27.8 Å². The van der Waals surface area contributed by atoms with Gasteiger partial charge < -0.3 is 23.5 Å². The van der Waals surface area contributed by atoms with Gasteiger partial charge >= 0.3 is 0 Å². The van der Waals surface area contributed by atoms with Crippen LogP contribution < -0.4 is 14.9 Å². The molecule has 7 nitrogen and oxygen atoms in total. The van der Waals surface area contributed by atoms with Gasteiger partial charge in [-0.1, -0.05) is 19.9 Å². The molecule has 2 atom stereocenters. The van der Waals surface area contributed by atoms with Gasteiger partial charge in [0.25, 0.3) is 5.91 Å². The highest BCUT2D eigenvalue weighted by Gasteiger charge is 2.44. The van der Waals surface area contributed by atoms with Crippen LogP contribution >= 0.6 is 0 Å². The van der Waals surface area contributed by atoms with Gasteiger partial charge in [-0.15, -0.1) is 0 Å². The molecule has 1 saturated heterocycles. The molecule has 1 amide bonds. The minimum Gasteiger partial charge on any atom is -0.493 e. The van der Waals surface area contributed by atoms with E-state index in [2.05, 4.69) is 13.8 Å². The summed E-state index contributed by atoms with van der Waals surface area (Å²) in [7, 11) is 1.55. The normalized spacial score (nSPS) is 19.4. The van der Waals surface area contributed by atoms with E-state index in [4.69, 9.17) is 18.6 Å². The minimum atomic E-state index is -0.723. The van der Waals surface area contributed by atoms with Crippen LogP contribution in [-0.4, -0.2) is 43.8 Å². The second kappa shape index (κ2) is 9.93. The summed E-state index contributed by atoms with van der Waals surface area (Å²) in [5.41, 5.74) is 0.635. The second-order valence-electron chi connectivity index (χ2n) is 9.75. The van der Waals surface area contributed by atoms with Crippen LogP contribution in [0.3, 0.4) is 0 Å². The number of carbonyl (C=O) groups excluding carboxylic acids is 1. The molecule has 0 saturated carbocycles. The lowest BCUT2D eigenvalue weighted by Crippen LogP contribution is -2.36. The van der Waals surface area contributed by atoms with Crippen LogP contribution in [0.2, 0.25) is 0 Å². The number of hydrogen-bond acceptors (Lipinski definition) is 6. The van der Waals surface area contributed by atoms with Crippen molar-refractivity contribution in [1.82, 2.24) is 4.90 Å². The van der Waals surface area contributed by atoms with E-state index in [-0.39, 0.29) is 34.3 Å². The molecule has 2 aliphatic rings. The molecule has 36 heavy (non-hydrogen) atoms. The number of hydrogen-bond donors (Lipinski definition) is 0.